The first kappa shape index (κ1) is 16.3. The van der Waals surface area contributed by atoms with E-state index in [1.54, 1.807) is 0 Å². The minimum absolute atomic E-state index is 0.294. The fourth-order valence-corrected chi connectivity index (χ4v) is 4.23. The van der Waals surface area contributed by atoms with Crippen molar-refractivity contribution in [2.45, 2.75) is 70.9 Å². The fraction of sp³-hybridized carbons (Fsp3) is 1.00. The third kappa shape index (κ3) is 3.55. The van der Waals surface area contributed by atoms with Crippen molar-refractivity contribution in [1.29, 1.82) is 0 Å². The standard InChI is InChI=1S/C17H34N2O/c1-4-20-16-7-11-19(12-8-16)17(13-18)9-5-15(6-10-17)14(2)3/h14-16H,4-13,18H2,1-3H3. The van der Waals surface area contributed by atoms with Crippen LogP contribution < -0.4 is 5.73 Å². The van der Waals surface area contributed by atoms with E-state index in [2.05, 4.69) is 25.7 Å². The largest absolute Gasteiger partial charge is 0.378 e. The zero-order valence-corrected chi connectivity index (χ0v) is 13.7. The average molecular weight is 282 g/mol. The van der Waals surface area contributed by atoms with E-state index in [4.69, 9.17) is 10.5 Å². The molecule has 0 aromatic carbocycles. The number of hydrogen-bond donors (Lipinski definition) is 1. The Kier molecular flexibility index (Phi) is 5.88. The average Bonchev–Trinajstić information content (AvgIpc) is 2.48. The Morgan fingerprint density at radius 3 is 2.20 bits per heavy atom. The molecule has 1 heterocycles. The van der Waals surface area contributed by atoms with Gasteiger partial charge in [-0.3, -0.25) is 4.90 Å². The van der Waals surface area contributed by atoms with Crippen LogP contribution in [0.2, 0.25) is 0 Å². The smallest absolute Gasteiger partial charge is 0.0599 e. The van der Waals surface area contributed by atoms with Crippen molar-refractivity contribution in [1.82, 2.24) is 4.90 Å². The quantitative estimate of drug-likeness (QED) is 0.842. The van der Waals surface area contributed by atoms with E-state index in [0.29, 0.717) is 11.6 Å². The summed E-state index contributed by atoms with van der Waals surface area (Å²) in [6.07, 6.45) is 8.17. The maximum absolute atomic E-state index is 6.21. The van der Waals surface area contributed by atoms with Gasteiger partial charge < -0.3 is 10.5 Å². The van der Waals surface area contributed by atoms with Crippen LogP contribution >= 0.6 is 0 Å². The molecule has 0 aromatic heterocycles. The van der Waals surface area contributed by atoms with Crippen LogP contribution in [0, 0.1) is 11.8 Å². The lowest BCUT2D eigenvalue weighted by Gasteiger charge is -2.50. The number of ether oxygens (including phenoxy) is 1. The monoisotopic (exact) mass is 282 g/mol. The maximum Gasteiger partial charge on any atom is 0.0599 e. The van der Waals surface area contributed by atoms with Gasteiger partial charge in [-0.1, -0.05) is 13.8 Å². The van der Waals surface area contributed by atoms with Gasteiger partial charge >= 0.3 is 0 Å². The Balaban J connectivity index is 1.89. The molecule has 3 nitrogen and oxygen atoms in total. The Morgan fingerprint density at radius 1 is 1.15 bits per heavy atom. The molecule has 1 aliphatic carbocycles. The second-order valence-electron chi connectivity index (χ2n) is 7.15. The van der Waals surface area contributed by atoms with Crippen molar-refractivity contribution in [2.24, 2.45) is 17.6 Å². The van der Waals surface area contributed by atoms with Gasteiger partial charge in [-0.05, 0) is 57.3 Å². The molecule has 0 bridgehead atoms. The molecular weight excluding hydrogens is 248 g/mol. The van der Waals surface area contributed by atoms with Gasteiger partial charge in [-0.15, -0.1) is 0 Å². The predicted molar refractivity (Wildman–Crippen MR) is 84.8 cm³/mol. The summed E-state index contributed by atoms with van der Waals surface area (Å²) in [6.45, 7) is 10.9. The van der Waals surface area contributed by atoms with Gasteiger partial charge in [0.25, 0.3) is 0 Å². The minimum atomic E-state index is 0.294. The topological polar surface area (TPSA) is 38.5 Å². The molecule has 0 spiro atoms. The molecule has 1 aliphatic heterocycles. The second kappa shape index (κ2) is 7.24. The number of piperidine rings is 1. The first-order chi connectivity index (χ1) is 9.61. The summed E-state index contributed by atoms with van der Waals surface area (Å²) >= 11 is 0. The zero-order valence-electron chi connectivity index (χ0n) is 13.7. The minimum Gasteiger partial charge on any atom is -0.378 e. The molecule has 2 rings (SSSR count). The van der Waals surface area contributed by atoms with Crippen LogP contribution in [0.5, 0.6) is 0 Å². The first-order valence-electron chi connectivity index (χ1n) is 8.68. The first-order valence-corrected chi connectivity index (χ1v) is 8.68. The lowest BCUT2D eigenvalue weighted by atomic mass is 9.71. The normalized spacial score (nSPS) is 33.8. The Bertz CT molecular complexity index is 277. The van der Waals surface area contributed by atoms with Crippen LogP contribution in [-0.4, -0.2) is 42.8 Å². The third-order valence-electron chi connectivity index (χ3n) is 5.80. The van der Waals surface area contributed by atoms with E-state index in [-0.39, 0.29) is 0 Å². The van der Waals surface area contributed by atoms with Crippen LogP contribution in [0.4, 0.5) is 0 Å². The summed E-state index contributed by atoms with van der Waals surface area (Å²) in [5.41, 5.74) is 6.51. The Hall–Kier alpha value is -0.120. The summed E-state index contributed by atoms with van der Waals surface area (Å²) < 4.78 is 5.78. The molecule has 0 amide bonds. The van der Waals surface area contributed by atoms with Crippen molar-refractivity contribution < 1.29 is 4.74 Å². The molecule has 20 heavy (non-hydrogen) atoms. The van der Waals surface area contributed by atoms with Gasteiger partial charge in [0.1, 0.15) is 0 Å². The molecule has 2 aliphatic rings. The Morgan fingerprint density at radius 2 is 1.75 bits per heavy atom. The van der Waals surface area contributed by atoms with E-state index in [1.165, 1.54) is 51.6 Å². The summed E-state index contributed by atoms with van der Waals surface area (Å²) in [7, 11) is 0. The zero-order chi connectivity index (χ0) is 14.6. The van der Waals surface area contributed by atoms with Crippen LogP contribution in [0.25, 0.3) is 0 Å². The highest BCUT2D eigenvalue weighted by molar-refractivity contribution is 4.97. The summed E-state index contributed by atoms with van der Waals surface area (Å²) in [4.78, 5) is 2.69. The molecule has 118 valence electrons. The van der Waals surface area contributed by atoms with E-state index in [1.807, 2.05) is 0 Å². The van der Waals surface area contributed by atoms with Gasteiger partial charge in [0, 0.05) is 31.8 Å². The number of nitrogens with zero attached hydrogens (tertiary/aromatic N) is 1. The van der Waals surface area contributed by atoms with Gasteiger partial charge in [0.05, 0.1) is 6.10 Å². The summed E-state index contributed by atoms with van der Waals surface area (Å²) in [6, 6.07) is 0. The van der Waals surface area contributed by atoms with Gasteiger partial charge in [-0.25, -0.2) is 0 Å². The van der Waals surface area contributed by atoms with Crippen LogP contribution in [0.15, 0.2) is 0 Å². The molecule has 1 saturated heterocycles. The van der Waals surface area contributed by atoms with E-state index in [0.717, 1.165) is 25.0 Å². The Labute approximate surface area is 125 Å². The third-order valence-corrected chi connectivity index (χ3v) is 5.80. The summed E-state index contributed by atoms with van der Waals surface area (Å²) in [5.74, 6) is 1.74. The molecular formula is C17H34N2O. The highest BCUT2D eigenvalue weighted by Crippen LogP contribution is 2.40. The van der Waals surface area contributed by atoms with Crippen molar-refractivity contribution >= 4 is 0 Å². The number of likely N-dealkylation sites (tertiary alicyclic amines) is 1. The van der Waals surface area contributed by atoms with E-state index in [9.17, 15) is 0 Å². The lowest BCUT2D eigenvalue weighted by Crippen LogP contribution is -2.58. The van der Waals surface area contributed by atoms with Crippen LogP contribution in [-0.2, 0) is 4.74 Å². The second-order valence-corrected chi connectivity index (χ2v) is 7.15. The van der Waals surface area contributed by atoms with Crippen molar-refractivity contribution in [3.05, 3.63) is 0 Å². The molecule has 0 aromatic rings. The van der Waals surface area contributed by atoms with E-state index >= 15 is 0 Å². The fourth-order valence-electron chi connectivity index (χ4n) is 4.23. The van der Waals surface area contributed by atoms with Crippen molar-refractivity contribution in [3.8, 4) is 0 Å². The molecule has 0 atom stereocenters. The number of nitrogens with two attached hydrogens (primary N) is 1. The number of hydrogen-bond acceptors (Lipinski definition) is 3. The molecule has 0 radical (unpaired) electrons. The van der Waals surface area contributed by atoms with Gasteiger partial charge in [0.2, 0.25) is 0 Å². The molecule has 3 heteroatoms. The maximum atomic E-state index is 6.21. The van der Waals surface area contributed by atoms with Crippen molar-refractivity contribution in [3.63, 3.8) is 0 Å². The van der Waals surface area contributed by atoms with Crippen LogP contribution in [0.1, 0.15) is 59.3 Å². The molecule has 0 unspecified atom stereocenters. The highest BCUT2D eigenvalue weighted by atomic mass is 16.5. The molecule has 2 fully saturated rings. The van der Waals surface area contributed by atoms with Crippen LogP contribution in [0.3, 0.4) is 0 Å². The van der Waals surface area contributed by atoms with Crippen molar-refractivity contribution in [2.75, 3.05) is 26.2 Å². The SMILES string of the molecule is CCOC1CCN(C2(CN)CCC(C(C)C)CC2)CC1. The lowest BCUT2D eigenvalue weighted by molar-refractivity contribution is -0.0350. The predicted octanol–water partition coefficient (Wildman–Crippen LogP) is 3.03. The highest BCUT2D eigenvalue weighted by Gasteiger charge is 2.41. The number of rotatable bonds is 5. The van der Waals surface area contributed by atoms with E-state index < -0.39 is 0 Å². The molecule has 2 N–H and O–H groups in total. The molecule has 1 saturated carbocycles. The van der Waals surface area contributed by atoms with Gasteiger partial charge in [0.15, 0.2) is 0 Å². The summed E-state index contributed by atoms with van der Waals surface area (Å²) in [5, 5.41) is 0. The van der Waals surface area contributed by atoms with Gasteiger partial charge in [-0.2, -0.15) is 0 Å².